The van der Waals surface area contributed by atoms with Gasteiger partial charge in [-0.05, 0) is 18.2 Å². The third kappa shape index (κ3) is 1.72. The van der Waals surface area contributed by atoms with Crippen molar-refractivity contribution in [2.24, 2.45) is 0 Å². The van der Waals surface area contributed by atoms with Gasteiger partial charge >= 0.3 is 5.97 Å². The molecule has 1 aromatic heterocycles. The van der Waals surface area contributed by atoms with Crippen LogP contribution in [0.2, 0.25) is 0 Å². The van der Waals surface area contributed by atoms with E-state index < -0.39 is 5.97 Å². The zero-order chi connectivity index (χ0) is 11.5. The highest BCUT2D eigenvalue weighted by Gasteiger charge is 2.13. The van der Waals surface area contributed by atoms with E-state index in [1.165, 1.54) is 19.6 Å². The standard InChI is InChI=1S/C10H8N2O4/c1-15-8-3-2-6(4-7(8)10(13)14)9-11-5-16-12-9/h2-5H,1H3,(H,13,14). The number of ether oxygens (including phenoxy) is 1. The van der Waals surface area contributed by atoms with E-state index in [-0.39, 0.29) is 5.56 Å². The molecule has 0 saturated carbocycles. The van der Waals surface area contributed by atoms with Crippen LogP contribution in [-0.2, 0) is 0 Å². The number of nitrogens with zero attached hydrogens (tertiary/aromatic N) is 2. The van der Waals surface area contributed by atoms with Gasteiger partial charge in [-0.25, -0.2) is 4.79 Å². The van der Waals surface area contributed by atoms with Crippen molar-refractivity contribution in [3.05, 3.63) is 30.2 Å². The summed E-state index contributed by atoms with van der Waals surface area (Å²) in [5.41, 5.74) is 0.622. The quantitative estimate of drug-likeness (QED) is 0.842. The number of rotatable bonds is 3. The van der Waals surface area contributed by atoms with Gasteiger partial charge in [-0.2, -0.15) is 4.98 Å². The van der Waals surface area contributed by atoms with Gasteiger partial charge in [0.25, 0.3) is 0 Å². The van der Waals surface area contributed by atoms with Crippen molar-refractivity contribution in [3.8, 4) is 17.1 Å². The average molecular weight is 220 g/mol. The normalized spacial score (nSPS) is 10.1. The molecule has 0 spiro atoms. The molecule has 0 bridgehead atoms. The number of aromatic nitrogens is 2. The highest BCUT2D eigenvalue weighted by atomic mass is 16.5. The predicted octanol–water partition coefficient (Wildman–Crippen LogP) is 1.44. The third-order valence-electron chi connectivity index (χ3n) is 2.05. The molecular weight excluding hydrogens is 212 g/mol. The lowest BCUT2D eigenvalue weighted by molar-refractivity contribution is 0.0693. The van der Waals surface area contributed by atoms with Crippen LogP contribution in [0.25, 0.3) is 11.4 Å². The number of carboxylic acid groups (broad SMARTS) is 1. The summed E-state index contributed by atoms with van der Waals surface area (Å²) in [5.74, 6) is -0.438. The molecule has 6 nitrogen and oxygen atoms in total. The van der Waals surface area contributed by atoms with Crippen molar-refractivity contribution < 1.29 is 19.2 Å². The molecule has 6 heteroatoms. The predicted molar refractivity (Wildman–Crippen MR) is 53.2 cm³/mol. The topological polar surface area (TPSA) is 85.5 Å². The maximum atomic E-state index is 11.0. The van der Waals surface area contributed by atoms with Crippen LogP contribution in [0.15, 0.2) is 29.1 Å². The van der Waals surface area contributed by atoms with Gasteiger partial charge in [0.2, 0.25) is 12.2 Å². The minimum absolute atomic E-state index is 0.0600. The van der Waals surface area contributed by atoms with Gasteiger partial charge in [0.15, 0.2) is 0 Å². The summed E-state index contributed by atoms with van der Waals surface area (Å²) < 4.78 is 9.52. The van der Waals surface area contributed by atoms with Crippen molar-refractivity contribution in [1.82, 2.24) is 10.1 Å². The largest absolute Gasteiger partial charge is 0.496 e. The minimum Gasteiger partial charge on any atom is -0.496 e. The summed E-state index contributed by atoms with van der Waals surface area (Å²) in [6.45, 7) is 0. The zero-order valence-electron chi connectivity index (χ0n) is 8.38. The lowest BCUT2D eigenvalue weighted by atomic mass is 10.1. The number of benzene rings is 1. The second-order valence-electron chi connectivity index (χ2n) is 2.98. The average Bonchev–Trinajstić information content (AvgIpc) is 2.81. The lowest BCUT2D eigenvalue weighted by Gasteiger charge is -2.05. The Hall–Kier alpha value is -2.37. The van der Waals surface area contributed by atoms with Gasteiger partial charge in [0, 0.05) is 5.56 Å². The van der Waals surface area contributed by atoms with E-state index >= 15 is 0 Å². The first-order chi connectivity index (χ1) is 7.72. The minimum atomic E-state index is -1.07. The van der Waals surface area contributed by atoms with Crippen molar-refractivity contribution in [1.29, 1.82) is 0 Å². The molecule has 0 fully saturated rings. The Bertz CT molecular complexity index is 508. The maximum Gasteiger partial charge on any atom is 0.339 e. The first-order valence-electron chi connectivity index (χ1n) is 4.40. The molecule has 0 saturated heterocycles. The molecule has 0 amide bonds. The van der Waals surface area contributed by atoms with Gasteiger partial charge in [-0.3, -0.25) is 0 Å². The molecule has 0 unspecified atom stereocenters. The smallest absolute Gasteiger partial charge is 0.339 e. The van der Waals surface area contributed by atoms with E-state index in [0.717, 1.165) is 0 Å². The highest BCUT2D eigenvalue weighted by molar-refractivity contribution is 5.92. The van der Waals surface area contributed by atoms with Crippen molar-refractivity contribution >= 4 is 5.97 Å². The molecule has 0 aliphatic heterocycles. The van der Waals surface area contributed by atoms with Crippen LogP contribution in [0.4, 0.5) is 0 Å². The molecule has 1 aromatic carbocycles. The maximum absolute atomic E-state index is 11.0. The summed E-state index contributed by atoms with van der Waals surface area (Å²) in [6, 6.07) is 4.65. The van der Waals surface area contributed by atoms with E-state index in [9.17, 15) is 4.79 Å². The van der Waals surface area contributed by atoms with Gasteiger partial charge < -0.3 is 14.4 Å². The molecule has 1 N–H and O–H groups in total. The lowest BCUT2D eigenvalue weighted by Crippen LogP contribution is -2.00. The molecule has 82 valence electrons. The Morgan fingerprint density at radius 2 is 2.31 bits per heavy atom. The summed E-state index contributed by atoms with van der Waals surface area (Å²) in [5, 5.41) is 12.6. The molecule has 2 rings (SSSR count). The Labute approximate surface area is 90.5 Å². The first kappa shape index (κ1) is 10.2. The molecule has 16 heavy (non-hydrogen) atoms. The van der Waals surface area contributed by atoms with Crippen molar-refractivity contribution in [2.45, 2.75) is 0 Å². The van der Waals surface area contributed by atoms with Crippen LogP contribution in [0.1, 0.15) is 10.4 Å². The first-order valence-corrected chi connectivity index (χ1v) is 4.40. The van der Waals surface area contributed by atoms with Crippen LogP contribution in [0.5, 0.6) is 5.75 Å². The summed E-state index contributed by atoms with van der Waals surface area (Å²) in [4.78, 5) is 14.8. The van der Waals surface area contributed by atoms with Crippen LogP contribution < -0.4 is 4.74 Å². The van der Waals surface area contributed by atoms with Crippen molar-refractivity contribution in [2.75, 3.05) is 7.11 Å². The second-order valence-corrected chi connectivity index (χ2v) is 2.98. The molecule has 0 aliphatic rings. The number of hydrogen-bond donors (Lipinski definition) is 1. The van der Waals surface area contributed by atoms with E-state index in [0.29, 0.717) is 17.1 Å². The number of carbonyl (C=O) groups is 1. The van der Waals surface area contributed by atoms with Gasteiger partial charge in [-0.1, -0.05) is 5.16 Å². The molecule has 1 heterocycles. The summed E-state index contributed by atoms with van der Waals surface area (Å²) in [6.07, 6.45) is 1.18. The molecule has 0 aliphatic carbocycles. The molecule has 2 aromatic rings. The van der Waals surface area contributed by atoms with Crippen LogP contribution >= 0.6 is 0 Å². The monoisotopic (exact) mass is 220 g/mol. The SMILES string of the molecule is COc1ccc(-c2ncon2)cc1C(=O)O. The van der Waals surface area contributed by atoms with Gasteiger partial charge in [-0.15, -0.1) is 0 Å². The Morgan fingerprint density at radius 1 is 1.50 bits per heavy atom. The van der Waals surface area contributed by atoms with Crippen LogP contribution in [0, 0.1) is 0 Å². The van der Waals surface area contributed by atoms with Crippen molar-refractivity contribution in [3.63, 3.8) is 0 Å². The fraction of sp³-hybridized carbons (Fsp3) is 0.100. The van der Waals surface area contributed by atoms with Crippen LogP contribution in [0.3, 0.4) is 0 Å². The second kappa shape index (κ2) is 4.01. The van der Waals surface area contributed by atoms with Gasteiger partial charge in [0.1, 0.15) is 11.3 Å². The van der Waals surface area contributed by atoms with E-state index in [1.54, 1.807) is 12.1 Å². The fourth-order valence-corrected chi connectivity index (χ4v) is 1.31. The van der Waals surface area contributed by atoms with Crippen LogP contribution in [-0.4, -0.2) is 28.3 Å². The molecule has 0 atom stereocenters. The summed E-state index contributed by atoms with van der Waals surface area (Å²) >= 11 is 0. The van der Waals surface area contributed by atoms with E-state index in [2.05, 4.69) is 14.7 Å². The Morgan fingerprint density at radius 3 is 2.88 bits per heavy atom. The van der Waals surface area contributed by atoms with E-state index in [4.69, 9.17) is 9.84 Å². The van der Waals surface area contributed by atoms with Gasteiger partial charge in [0.05, 0.1) is 7.11 Å². The number of carboxylic acids is 1. The molecule has 0 radical (unpaired) electrons. The number of aromatic carboxylic acids is 1. The molecular formula is C10H8N2O4. The fourth-order valence-electron chi connectivity index (χ4n) is 1.31. The Balaban J connectivity index is 2.51. The zero-order valence-corrected chi connectivity index (χ0v) is 8.38. The highest BCUT2D eigenvalue weighted by Crippen LogP contribution is 2.24. The number of methoxy groups -OCH3 is 1. The Kier molecular flexibility index (Phi) is 2.55. The summed E-state index contributed by atoms with van der Waals surface area (Å²) in [7, 11) is 1.41. The number of hydrogen-bond acceptors (Lipinski definition) is 5. The third-order valence-corrected chi connectivity index (χ3v) is 2.05. The van der Waals surface area contributed by atoms with E-state index in [1.807, 2.05) is 0 Å².